The molecule has 0 aromatic carbocycles. The number of hydrogen-bond acceptors (Lipinski definition) is 6. The molecule has 0 bridgehead atoms. The maximum absolute atomic E-state index is 12.4. The van der Waals surface area contributed by atoms with Gasteiger partial charge in [0.2, 0.25) is 11.8 Å². The predicted octanol–water partition coefficient (Wildman–Crippen LogP) is -0.0459. The fourth-order valence-corrected chi connectivity index (χ4v) is 3.88. The highest BCUT2D eigenvalue weighted by Gasteiger charge is 2.25. The van der Waals surface area contributed by atoms with Crippen LogP contribution < -0.4 is 10.6 Å². The van der Waals surface area contributed by atoms with Crippen LogP contribution in [-0.4, -0.2) is 90.8 Å². The second-order valence-electron chi connectivity index (χ2n) is 6.83. The van der Waals surface area contributed by atoms with Gasteiger partial charge in [0, 0.05) is 76.1 Å². The van der Waals surface area contributed by atoms with Crippen molar-refractivity contribution in [2.24, 2.45) is 0 Å². The summed E-state index contributed by atoms with van der Waals surface area (Å²) in [6, 6.07) is 1.38. The number of carbonyl (C=O) groups excluding carboxylic acids is 4. The number of carbonyl (C=O) groups is 4. The molecule has 0 atom stereocenters. The Bertz CT molecular complexity index is 716. The van der Waals surface area contributed by atoms with E-state index in [9.17, 15) is 19.2 Å². The van der Waals surface area contributed by atoms with Crippen LogP contribution in [0.5, 0.6) is 0 Å². The van der Waals surface area contributed by atoms with Crippen molar-refractivity contribution in [3.63, 3.8) is 0 Å². The third-order valence-corrected chi connectivity index (χ3v) is 5.64. The van der Waals surface area contributed by atoms with Gasteiger partial charge in [-0.05, 0) is 11.4 Å². The molecule has 1 aromatic rings. The van der Waals surface area contributed by atoms with Gasteiger partial charge in [0.05, 0.1) is 0 Å². The van der Waals surface area contributed by atoms with E-state index in [0.717, 1.165) is 19.6 Å². The Morgan fingerprint density at radius 2 is 1.89 bits per heavy atom. The number of thiophene rings is 1. The summed E-state index contributed by atoms with van der Waals surface area (Å²) in [6.45, 7) is 4.82. The summed E-state index contributed by atoms with van der Waals surface area (Å²) in [5.74, 6) is -0.302. The van der Waals surface area contributed by atoms with Gasteiger partial charge >= 0.3 is 6.03 Å². The molecule has 2 aliphatic heterocycles. The molecule has 2 saturated heterocycles. The second-order valence-corrected chi connectivity index (χ2v) is 7.61. The Morgan fingerprint density at radius 1 is 1.11 bits per heavy atom. The monoisotopic (exact) mass is 407 g/mol. The van der Waals surface area contributed by atoms with Gasteiger partial charge < -0.3 is 15.1 Å². The zero-order valence-corrected chi connectivity index (χ0v) is 16.5. The van der Waals surface area contributed by atoms with Gasteiger partial charge in [-0.1, -0.05) is 0 Å². The molecule has 152 valence electrons. The first kappa shape index (κ1) is 20.3. The number of nitrogens with zero attached hydrogens (tertiary/aromatic N) is 3. The van der Waals surface area contributed by atoms with Crippen LogP contribution in [0, 0.1) is 0 Å². The first-order valence-corrected chi connectivity index (χ1v) is 10.4. The average molecular weight is 407 g/mol. The molecule has 1 aromatic heterocycles. The van der Waals surface area contributed by atoms with Crippen molar-refractivity contribution in [3.05, 3.63) is 22.4 Å². The first-order chi connectivity index (χ1) is 13.5. The lowest BCUT2D eigenvalue weighted by atomic mass is 10.2. The van der Waals surface area contributed by atoms with Gasteiger partial charge in [-0.2, -0.15) is 11.3 Å². The molecule has 2 aliphatic rings. The highest BCUT2D eigenvalue weighted by Crippen LogP contribution is 2.07. The molecule has 0 radical (unpaired) electrons. The highest BCUT2D eigenvalue weighted by atomic mass is 32.1. The minimum absolute atomic E-state index is 0.0233. The van der Waals surface area contributed by atoms with E-state index in [-0.39, 0.29) is 30.6 Å². The standard InChI is InChI=1S/C18H25N5O4S/c24-15-1-5-23(18(27)20-15)6-2-16(25)22-10-8-21(9-11-22)7-4-19-17(26)14-3-12-28-13-14/h3,12-13H,1-2,4-11H2,(H,19,26)(H,20,24,27). The topological polar surface area (TPSA) is 102 Å². The van der Waals surface area contributed by atoms with Crippen LogP contribution in [0.3, 0.4) is 0 Å². The summed E-state index contributed by atoms with van der Waals surface area (Å²) in [7, 11) is 0. The van der Waals surface area contributed by atoms with Crippen molar-refractivity contribution in [1.29, 1.82) is 0 Å². The molecule has 5 amide bonds. The van der Waals surface area contributed by atoms with Gasteiger partial charge in [-0.25, -0.2) is 4.79 Å². The summed E-state index contributed by atoms with van der Waals surface area (Å²) in [4.78, 5) is 52.7. The Morgan fingerprint density at radius 3 is 2.57 bits per heavy atom. The molecule has 3 heterocycles. The lowest BCUT2D eigenvalue weighted by molar-refractivity contribution is -0.133. The van der Waals surface area contributed by atoms with Crippen LogP contribution in [0.1, 0.15) is 23.2 Å². The molecule has 2 fully saturated rings. The molecule has 10 heteroatoms. The largest absolute Gasteiger partial charge is 0.351 e. The van der Waals surface area contributed by atoms with Gasteiger partial charge in [-0.3, -0.25) is 24.6 Å². The minimum Gasteiger partial charge on any atom is -0.351 e. The lowest BCUT2D eigenvalue weighted by Crippen LogP contribution is -2.52. The highest BCUT2D eigenvalue weighted by molar-refractivity contribution is 7.08. The molecule has 0 aliphatic carbocycles. The van der Waals surface area contributed by atoms with E-state index in [1.165, 1.54) is 16.2 Å². The molecular formula is C18H25N5O4S. The maximum Gasteiger partial charge on any atom is 0.324 e. The van der Waals surface area contributed by atoms with Crippen molar-refractivity contribution < 1.29 is 19.2 Å². The number of rotatable bonds is 7. The molecule has 9 nitrogen and oxygen atoms in total. The summed E-state index contributed by atoms with van der Waals surface area (Å²) < 4.78 is 0. The van der Waals surface area contributed by atoms with E-state index in [1.54, 1.807) is 6.07 Å². The van der Waals surface area contributed by atoms with E-state index in [4.69, 9.17) is 0 Å². The number of imide groups is 1. The zero-order chi connectivity index (χ0) is 19.9. The van der Waals surface area contributed by atoms with Crippen LogP contribution in [-0.2, 0) is 9.59 Å². The first-order valence-electron chi connectivity index (χ1n) is 9.42. The van der Waals surface area contributed by atoms with E-state index in [2.05, 4.69) is 15.5 Å². The number of amides is 5. The van der Waals surface area contributed by atoms with E-state index in [1.807, 2.05) is 15.7 Å². The Kier molecular flexibility index (Phi) is 6.99. The Hall–Kier alpha value is -2.46. The molecule has 3 rings (SSSR count). The minimum atomic E-state index is -0.418. The van der Waals surface area contributed by atoms with Crippen molar-refractivity contribution >= 4 is 35.1 Å². The smallest absolute Gasteiger partial charge is 0.324 e. The Balaban J connectivity index is 1.31. The number of hydrogen-bond donors (Lipinski definition) is 2. The molecular weight excluding hydrogens is 382 g/mol. The zero-order valence-electron chi connectivity index (χ0n) is 15.7. The van der Waals surface area contributed by atoms with Crippen LogP contribution >= 0.6 is 11.3 Å². The van der Waals surface area contributed by atoms with Crippen LogP contribution in [0.4, 0.5) is 4.79 Å². The number of nitrogens with one attached hydrogen (secondary N) is 2. The van der Waals surface area contributed by atoms with Crippen LogP contribution in [0.15, 0.2) is 16.8 Å². The lowest BCUT2D eigenvalue weighted by Gasteiger charge is -2.35. The van der Waals surface area contributed by atoms with Gasteiger partial charge in [-0.15, -0.1) is 0 Å². The van der Waals surface area contributed by atoms with Crippen molar-refractivity contribution in [3.8, 4) is 0 Å². The van der Waals surface area contributed by atoms with Gasteiger partial charge in [0.1, 0.15) is 0 Å². The van der Waals surface area contributed by atoms with Crippen molar-refractivity contribution in [2.75, 3.05) is 52.4 Å². The van der Waals surface area contributed by atoms with Crippen LogP contribution in [0.2, 0.25) is 0 Å². The van der Waals surface area contributed by atoms with Crippen molar-refractivity contribution in [2.45, 2.75) is 12.8 Å². The molecule has 0 saturated carbocycles. The van der Waals surface area contributed by atoms with Gasteiger partial charge in [0.15, 0.2) is 0 Å². The van der Waals surface area contributed by atoms with E-state index >= 15 is 0 Å². The van der Waals surface area contributed by atoms with E-state index < -0.39 is 6.03 Å². The SMILES string of the molecule is O=C1CCN(CCC(=O)N2CCN(CCNC(=O)c3ccsc3)CC2)C(=O)N1. The number of urea groups is 1. The quantitative estimate of drug-likeness (QED) is 0.660. The molecule has 28 heavy (non-hydrogen) atoms. The van der Waals surface area contributed by atoms with Gasteiger partial charge in [0.25, 0.3) is 5.91 Å². The average Bonchev–Trinajstić information content (AvgIpc) is 3.22. The van der Waals surface area contributed by atoms with Crippen LogP contribution in [0.25, 0.3) is 0 Å². The summed E-state index contributed by atoms with van der Waals surface area (Å²) in [5.41, 5.74) is 0.687. The fraction of sp³-hybridized carbons (Fsp3) is 0.556. The predicted molar refractivity (Wildman–Crippen MR) is 104 cm³/mol. The fourth-order valence-electron chi connectivity index (χ4n) is 3.25. The van der Waals surface area contributed by atoms with Crippen molar-refractivity contribution in [1.82, 2.24) is 25.3 Å². The second kappa shape index (κ2) is 9.65. The molecule has 2 N–H and O–H groups in total. The Labute approximate surface area is 167 Å². The summed E-state index contributed by atoms with van der Waals surface area (Å²) in [5, 5.41) is 8.87. The summed E-state index contributed by atoms with van der Waals surface area (Å²) >= 11 is 1.50. The maximum atomic E-state index is 12.4. The molecule has 0 unspecified atom stereocenters. The summed E-state index contributed by atoms with van der Waals surface area (Å²) in [6.07, 6.45) is 0.542. The number of piperazine rings is 1. The third-order valence-electron chi connectivity index (χ3n) is 4.96. The third kappa shape index (κ3) is 5.52. The van der Waals surface area contributed by atoms with E-state index in [0.29, 0.717) is 38.3 Å². The molecule has 0 spiro atoms. The normalized spacial score (nSPS) is 18.1.